The van der Waals surface area contributed by atoms with Crippen LogP contribution in [0.2, 0.25) is 0 Å². The van der Waals surface area contributed by atoms with Crippen molar-refractivity contribution in [3.63, 3.8) is 0 Å². The normalized spacial score (nSPS) is 44.9. The summed E-state index contributed by atoms with van der Waals surface area (Å²) in [6.45, 7) is 1.39. The monoisotopic (exact) mass is 160 g/mol. The third-order valence-corrected chi connectivity index (χ3v) is 2.24. The standard InChI is InChI=1S/C7H12O4/c1-6(9)4-3-5(8)7(6,10)11-2/h9-10H,3-4H2,1-2H3/t6-,7-/m0/s1. The maximum absolute atomic E-state index is 11.0. The van der Waals surface area contributed by atoms with Crippen LogP contribution in [-0.2, 0) is 9.53 Å². The molecule has 1 fully saturated rings. The molecule has 0 aliphatic heterocycles. The fourth-order valence-corrected chi connectivity index (χ4v) is 1.33. The number of carbonyl (C=O) groups is 1. The minimum absolute atomic E-state index is 0.164. The molecule has 2 N–H and O–H groups in total. The summed E-state index contributed by atoms with van der Waals surface area (Å²) in [7, 11) is 1.21. The average molecular weight is 160 g/mol. The third kappa shape index (κ3) is 0.982. The van der Waals surface area contributed by atoms with Gasteiger partial charge in [-0.25, -0.2) is 0 Å². The SMILES string of the molecule is CO[C@@]1(O)C(=O)CC[C@]1(C)O. The number of methoxy groups -OCH3 is 1. The molecule has 0 amide bonds. The van der Waals surface area contributed by atoms with Crippen molar-refractivity contribution in [1.82, 2.24) is 0 Å². The molecule has 0 aromatic heterocycles. The second kappa shape index (κ2) is 2.27. The van der Waals surface area contributed by atoms with Gasteiger partial charge in [0.1, 0.15) is 5.60 Å². The highest BCUT2D eigenvalue weighted by molar-refractivity contribution is 5.89. The van der Waals surface area contributed by atoms with E-state index in [4.69, 9.17) is 0 Å². The van der Waals surface area contributed by atoms with E-state index in [1.54, 1.807) is 0 Å². The molecule has 0 aromatic carbocycles. The molecule has 0 spiro atoms. The quantitative estimate of drug-likeness (QED) is 0.504. The molecule has 0 aromatic rings. The van der Waals surface area contributed by atoms with Crippen LogP contribution in [0.3, 0.4) is 0 Å². The Morgan fingerprint density at radius 1 is 1.55 bits per heavy atom. The summed E-state index contributed by atoms with van der Waals surface area (Å²) < 4.78 is 4.58. The number of carbonyl (C=O) groups excluding carboxylic acids is 1. The van der Waals surface area contributed by atoms with E-state index in [1.807, 2.05) is 0 Å². The molecular weight excluding hydrogens is 148 g/mol. The van der Waals surface area contributed by atoms with Crippen molar-refractivity contribution in [3.05, 3.63) is 0 Å². The Morgan fingerprint density at radius 3 is 2.27 bits per heavy atom. The maximum Gasteiger partial charge on any atom is 0.255 e. The van der Waals surface area contributed by atoms with Gasteiger partial charge in [-0.1, -0.05) is 0 Å². The molecule has 0 unspecified atom stereocenters. The van der Waals surface area contributed by atoms with Gasteiger partial charge in [0.05, 0.1) is 0 Å². The first-order chi connectivity index (χ1) is 4.94. The van der Waals surface area contributed by atoms with Crippen LogP contribution in [0.5, 0.6) is 0 Å². The van der Waals surface area contributed by atoms with E-state index in [0.717, 1.165) is 0 Å². The summed E-state index contributed by atoms with van der Waals surface area (Å²) in [6.07, 6.45) is 0.410. The van der Waals surface area contributed by atoms with Crippen LogP contribution in [0.4, 0.5) is 0 Å². The molecule has 0 bridgehead atoms. The summed E-state index contributed by atoms with van der Waals surface area (Å²) >= 11 is 0. The molecule has 64 valence electrons. The highest BCUT2D eigenvalue weighted by atomic mass is 16.6. The fraction of sp³-hybridized carbons (Fsp3) is 0.857. The van der Waals surface area contributed by atoms with Crippen LogP contribution in [0.1, 0.15) is 19.8 Å². The molecule has 2 atom stereocenters. The minimum atomic E-state index is -1.99. The highest BCUT2D eigenvalue weighted by Gasteiger charge is 2.57. The number of Topliss-reactive ketones (excluding diaryl/α,β-unsaturated/α-hetero) is 1. The van der Waals surface area contributed by atoms with Crippen LogP contribution < -0.4 is 0 Å². The van der Waals surface area contributed by atoms with Gasteiger partial charge >= 0.3 is 0 Å². The van der Waals surface area contributed by atoms with Gasteiger partial charge in [-0.3, -0.25) is 4.79 Å². The zero-order valence-electron chi connectivity index (χ0n) is 6.63. The maximum atomic E-state index is 11.0. The predicted molar refractivity (Wildman–Crippen MR) is 36.8 cm³/mol. The van der Waals surface area contributed by atoms with Gasteiger partial charge in [0.15, 0.2) is 5.78 Å². The summed E-state index contributed by atoms with van der Waals surface area (Å²) in [5, 5.41) is 19.0. The van der Waals surface area contributed by atoms with Crippen molar-refractivity contribution < 1.29 is 19.7 Å². The van der Waals surface area contributed by atoms with Crippen molar-refractivity contribution >= 4 is 5.78 Å². The molecule has 0 radical (unpaired) electrons. The third-order valence-electron chi connectivity index (χ3n) is 2.24. The Balaban J connectivity index is 2.97. The largest absolute Gasteiger partial charge is 0.384 e. The van der Waals surface area contributed by atoms with E-state index in [-0.39, 0.29) is 12.8 Å². The summed E-state index contributed by atoms with van der Waals surface area (Å²) in [5.74, 6) is -2.45. The molecule has 1 aliphatic carbocycles. The number of aliphatic hydroxyl groups is 2. The van der Waals surface area contributed by atoms with E-state index in [2.05, 4.69) is 4.74 Å². The Morgan fingerprint density at radius 2 is 2.09 bits per heavy atom. The van der Waals surface area contributed by atoms with Crippen molar-refractivity contribution in [1.29, 1.82) is 0 Å². The molecule has 0 heterocycles. The van der Waals surface area contributed by atoms with E-state index in [1.165, 1.54) is 14.0 Å². The zero-order chi connectivity index (χ0) is 8.70. The first-order valence-electron chi connectivity index (χ1n) is 3.47. The van der Waals surface area contributed by atoms with E-state index < -0.39 is 17.2 Å². The van der Waals surface area contributed by atoms with E-state index in [0.29, 0.717) is 0 Å². The van der Waals surface area contributed by atoms with Gasteiger partial charge in [-0.05, 0) is 13.3 Å². The van der Waals surface area contributed by atoms with Crippen LogP contribution in [-0.4, -0.2) is 34.5 Å². The smallest absolute Gasteiger partial charge is 0.255 e. The van der Waals surface area contributed by atoms with Crippen molar-refractivity contribution in [2.45, 2.75) is 31.2 Å². The molecule has 11 heavy (non-hydrogen) atoms. The highest BCUT2D eigenvalue weighted by Crippen LogP contribution is 2.36. The minimum Gasteiger partial charge on any atom is -0.384 e. The number of hydrogen-bond donors (Lipinski definition) is 2. The van der Waals surface area contributed by atoms with Crippen LogP contribution in [0.25, 0.3) is 0 Å². The van der Waals surface area contributed by atoms with Gasteiger partial charge in [0.25, 0.3) is 5.79 Å². The number of hydrogen-bond acceptors (Lipinski definition) is 4. The summed E-state index contributed by atoms with van der Waals surface area (Å²) in [4.78, 5) is 11.0. The van der Waals surface area contributed by atoms with Crippen molar-refractivity contribution in [3.8, 4) is 0 Å². The molecular formula is C7H12O4. The number of ketones is 1. The Kier molecular flexibility index (Phi) is 1.78. The topological polar surface area (TPSA) is 66.8 Å². The Hall–Kier alpha value is -0.450. The molecule has 4 heteroatoms. The second-order valence-electron chi connectivity index (χ2n) is 3.05. The zero-order valence-corrected chi connectivity index (χ0v) is 6.63. The first kappa shape index (κ1) is 8.64. The molecule has 1 aliphatic rings. The number of rotatable bonds is 1. The van der Waals surface area contributed by atoms with E-state index in [9.17, 15) is 15.0 Å². The fourth-order valence-electron chi connectivity index (χ4n) is 1.33. The van der Waals surface area contributed by atoms with Gasteiger partial charge in [0.2, 0.25) is 0 Å². The van der Waals surface area contributed by atoms with Gasteiger partial charge < -0.3 is 14.9 Å². The van der Waals surface area contributed by atoms with Crippen LogP contribution in [0, 0.1) is 0 Å². The Bertz CT molecular complexity index is 187. The Labute approximate surface area is 64.8 Å². The van der Waals surface area contributed by atoms with E-state index >= 15 is 0 Å². The lowest BCUT2D eigenvalue weighted by Crippen LogP contribution is -2.53. The first-order valence-corrected chi connectivity index (χ1v) is 3.47. The second-order valence-corrected chi connectivity index (χ2v) is 3.05. The molecule has 0 saturated heterocycles. The lowest BCUT2D eigenvalue weighted by Gasteiger charge is -2.31. The molecule has 1 rings (SSSR count). The number of ether oxygens (including phenoxy) is 1. The van der Waals surface area contributed by atoms with Crippen molar-refractivity contribution in [2.24, 2.45) is 0 Å². The predicted octanol–water partition coefficient (Wildman–Crippen LogP) is -0.565. The van der Waals surface area contributed by atoms with Crippen molar-refractivity contribution in [2.75, 3.05) is 7.11 Å². The lowest BCUT2D eigenvalue weighted by molar-refractivity contribution is -0.251. The average Bonchev–Trinajstić information content (AvgIpc) is 2.15. The summed E-state index contributed by atoms with van der Waals surface area (Å²) in [5.41, 5.74) is -1.45. The van der Waals surface area contributed by atoms with Gasteiger partial charge in [0, 0.05) is 13.5 Å². The van der Waals surface area contributed by atoms with Crippen LogP contribution in [0.15, 0.2) is 0 Å². The molecule has 1 saturated carbocycles. The van der Waals surface area contributed by atoms with Gasteiger partial charge in [-0.15, -0.1) is 0 Å². The lowest BCUT2D eigenvalue weighted by atomic mass is 9.99. The van der Waals surface area contributed by atoms with Gasteiger partial charge in [-0.2, -0.15) is 0 Å². The van der Waals surface area contributed by atoms with Crippen LogP contribution >= 0.6 is 0 Å². The molecule has 4 nitrogen and oxygen atoms in total. The summed E-state index contributed by atoms with van der Waals surface area (Å²) in [6, 6.07) is 0.